The Bertz CT molecular complexity index is 743. The van der Waals surface area contributed by atoms with Gasteiger partial charge in [0, 0.05) is 18.2 Å². The van der Waals surface area contributed by atoms with Crippen LogP contribution in [0.1, 0.15) is 37.7 Å². The minimum atomic E-state index is -0.00844. The van der Waals surface area contributed by atoms with Gasteiger partial charge < -0.3 is 15.4 Å². The van der Waals surface area contributed by atoms with Crippen molar-refractivity contribution >= 4 is 28.9 Å². The van der Waals surface area contributed by atoms with Gasteiger partial charge in [0.15, 0.2) is 5.11 Å². The molecule has 0 heterocycles. The number of anilines is 1. The Labute approximate surface area is 160 Å². The Hall–Kier alpha value is -2.40. The second-order valence-corrected chi connectivity index (χ2v) is 7.07. The molecule has 136 valence electrons. The molecule has 1 aliphatic rings. The van der Waals surface area contributed by atoms with E-state index >= 15 is 0 Å². The molecule has 2 N–H and O–H groups in total. The van der Waals surface area contributed by atoms with Crippen LogP contribution < -0.4 is 15.4 Å². The van der Waals surface area contributed by atoms with Gasteiger partial charge in [-0.15, -0.1) is 0 Å². The standard InChI is InChI=1S/C21H24N2O2S/c24-20(13-16-7-4-5-8-16)23-21(26)22-18-11-6-12-19(14-18)25-15-17-9-2-1-3-10-17/h1-3,6,9-12,14,16H,4-5,7-8,13,15H2,(H2,22,23,24,26). The number of hydrogen-bond acceptors (Lipinski definition) is 3. The highest BCUT2D eigenvalue weighted by Gasteiger charge is 2.18. The molecule has 1 fully saturated rings. The predicted octanol–water partition coefficient (Wildman–Crippen LogP) is 4.66. The van der Waals surface area contributed by atoms with E-state index in [0.29, 0.717) is 24.1 Å². The van der Waals surface area contributed by atoms with Gasteiger partial charge in [0.1, 0.15) is 12.4 Å². The quantitative estimate of drug-likeness (QED) is 0.728. The molecular weight excluding hydrogens is 344 g/mol. The largest absolute Gasteiger partial charge is 0.489 e. The molecule has 0 spiro atoms. The first-order chi connectivity index (χ1) is 12.7. The van der Waals surface area contributed by atoms with Crippen LogP contribution in [0, 0.1) is 5.92 Å². The summed E-state index contributed by atoms with van der Waals surface area (Å²) in [6.45, 7) is 0.507. The summed E-state index contributed by atoms with van der Waals surface area (Å²) in [5.74, 6) is 1.25. The van der Waals surface area contributed by atoms with E-state index in [-0.39, 0.29) is 5.91 Å². The van der Waals surface area contributed by atoms with Crippen molar-refractivity contribution in [2.45, 2.75) is 38.7 Å². The van der Waals surface area contributed by atoms with E-state index in [1.54, 1.807) is 0 Å². The Kier molecular flexibility index (Phi) is 6.61. The van der Waals surface area contributed by atoms with Crippen LogP contribution in [0.3, 0.4) is 0 Å². The molecule has 0 aromatic heterocycles. The number of amides is 1. The minimum Gasteiger partial charge on any atom is -0.489 e. The van der Waals surface area contributed by atoms with Crippen LogP contribution in [-0.4, -0.2) is 11.0 Å². The maximum atomic E-state index is 12.1. The van der Waals surface area contributed by atoms with Gasteiger partial charge in [-0.3, -0.25) is 4.79 Å². The average Bonchev–Trinajstić information content (AvgIpc) is 3.14. The van der Waals surface area contributed by atoms with Crippen LogP contribution in [-0.2, 0) is 11.4 Å². The normalized spacial score (nSPS) is 14.0. The molecule has 3 rings (SSSR count). The zero-order valence-corrected chi connectivity index (χ0v) is 15.6. The second kappa shape index (κ2) is 9.34. The van der Waals surface area contributed by atoms with E-state index in [1.807, 2.05) is 54.6 Å². The van der Waals surface area contributed by atoms with Crippen molar-refractivity contribution in [2.24, 2.45) is 5.92 Å². The fourth-order valence-corrected chi connectivity index (χ4v) is 3.45. The van der Waals surface area contributed by atoms with E-state index < -0.39 is 0 Å². The first-order valence-corrected chi connectivity index (χ1v) is 9.47. The lowest BCUT2D eigenvalue weighted by molar-refractivity contribution is -0.120. The molecule has 1 saturated carbocycles. The van der Waals surface area contributed by atoms with Gasteiger partial charge in [-0.2, -0.15) is 0 Å². The Balaban J connectivity index is 1.47. The van der Waals surface area contributed by atoms with Crippen LogP contribution in [0.2, 0.25) is 0 Å². The third-order valence-corrected chi connectivity index (χ3v) is 4.75. The maximum absolute atomic E-state index is 12.1. The fraction of sp³-hybridized carbons (Fsp3) is 0.333. The lowest BCUT2D eigenvalue weighted by Gasteiger charge is -2.13. The van der Waals surface area contributed by atoms with Gasteiger partial charge >= 0.3 is 0 Å². The van der Waals surface area contributed by atoms with Gasteiger partial charge in [-0.05, 0) is 48.7 Å². The molecule has 0 unspecified atom stereocenters. The summed E-state index contributed by atoms with van der Waals surface area (Å²) >= 11 is 5.25. The van der Waals surface area contributed by atoms with Crippen molar-refractivity contribution < 1.29 is 9.53 Å². The molecule has 2 aromatic carbocycles. The summed E-state index contributed by atoms with van der Waals surface area (Å²) in [6, 6.07) is 17.6. The van der Waals surface area contributed by atoms with Crippen LogP contribution in [0.15, 0.2) is 54.6 Å². The molecular formula is C21H24N2O2S. The average molecular weight is 369 g/mol. The maximum Gasteiger partial charge on any atom is 0.226 e. The highest BCUT2D eigenvalue weighted by Crippen LogP contribution is 2.27. The molecule has 2 aromatic rings. The molecule has 4 nitrogen and oxygen atoms in total. The molecule has 0 saturated heterocycles. The molecule has 1 amide bonds. The Morgan fingerprint density at radius 2 is 1.85 bits per heavy atom. The summed E-state index contributed by atoms with van der Waals surface area (Å²) in [4.78, 5) is 12.1. The number of carbonyl (C=O) groups excluding carboxylic acids is 1. The van der Waals surface area contributed by atoms with E-state index in [1.165, 1.54) is 12.8 Å². The van der Waals surface area contributed by atoms with Crippen molar-refractivity contribution in [2.75, 3.05) is 5.32 Å². The molecule has 0 aliphatic heterocycles. The summed E-state index contributed by atoms with van der Waals surface area (Å²) < 4.78 is 5.81. The van der Waals surface area contributed by atoms with Gasteiger partial charge in [0.2, 0.25) is 5.91 Å². The van der Waals surface area contributed by atoms with Gasteiger partial charge in [-0.25, -0.2) is 0 Å². The molecule has 5 heteroatoms. The minimum absolute atomic E-state index is 0.00844. The number of ether oxygens (including phenoxy) is 1. The number of carbonyl (C=O) groups is 1. The first-order valence-electron chi connectivity index (χ1n) is 9.06. The summed E-state index contributed by atoms with van der Waals surface area (Å²) in [6.07, 6.45) is 5.32. The molecule has 0 atom stereocenters. The topological polar surface area (TPSA) is 50.4 Å². The van der Waals surface area contributed by atoms with Gasteiger partial charge in [-0.1, -0.05) is 49.2 Å². The summed E-state index contributed by atoms with van der Waals surface area (Å²) in [7, 11) is 0. The highest BCUT2D eigenvalue weighted by atomic mass is 32.1. The summed E-state index contributed by atoms with van der Waals surface area (Å²) in [5, 5.41) is 6.16. The zero-order chi connectivity index (χ0) is 18.2. The lowest BCUT2D eigenvalue weighted by atomic mass is 10.0. The van der Waals surface area contributed by atoms with Crippen molar-refractivity contribution in [1.82, 2.24) is 5.32 Å². The van der Waals surface area contributed by atoms with Crippen LogP contribution in [0.25, 0.3) is 0 Å². The van der Waals surface area contributed by atoms with E-state index in [9.17, 15) is 4.79 Å². The van der Waals surface area contributed by atoms with Crippen LogP contribution in [0.4, 0.5) is 5.69 Å². The molecule has 0 radical (unpaired) electrons. The van der Waals surface area contributed by atoms with E-state index in [0.717, 1.165) is 29.8 Å². The number of benzene rings is 2. The van der Waals surface area contributed by atoms with Crippen molar-refractivity contribution in [3.63, 3.8) is 0 Å². The number of hydrogen-bond donors (Lipinski definition) is 2. The van der Waals surface area contributed by atoms with Crippen molar-refractivity contribution in [3.8, 4) is 5.75 Å². The Morgan fingerprint density at radius 3 is 2.62 bits per heavy atom. The monoisotopic (exact) mass is 368 g/mol. The van der Waals surface area contributed by atoms with Crippen LogP contribution in [0.5, 0.6) is 5.75 Å². The first kappa shape index (κ1) is 18.4. The highest BCUT2D eigenvalue weighted by molar-refractivity contribution is 7.80. The van der Waals surface area contributed by atoms with Crippen molar-refractivity contribution in [1.29, 1.82) is 0 Å². The third kappa shape index (κ3) is 5.85. The smallest absolute Gasteiger partial charge is 0.226 e. The predicted molar refractivity (Wildman–Crippen MR) is 108 cm³/mol. The van der Waals surface area contributed by atoms with Crippen molar-refractivity contribution in [3.05, 3.63) is 60.2 Å². The fourth-order valence-electron chi connectivity index (χ4n) is 3.22. The lowest BCUT2D eigenvalue weighted by Crippen LogP contribution is -2.34. The molecule has 0 bridgehead atoms. The zero-order valence-electron chi connectivity index (χ0n) is 14.7. The number of thiocarbonyl (C=S) groups is 1. The van der Waals surface area contributed by atoms with E-state index in [4.69, 9.17) is 17.0 Å². The summed E-state index contributed by atoms with van der Waals surface area (Å²) in [5.41, 5.74) is 1.90. The molecule has 26 heavy (non-hydrogen) atoms. The van der Waals surface area contributed by atoms with Crippen LogP contribution >= 0.6 is 12.2 Å². The SMILES string of the molecule is O=C(CC1CCCC1)NC(=S)Nc1cccc(OCc2ccccc2)c1. The Morgan fingerprint density at radius 1 is 1.08 bits per heavy atom. The van der Waals surface area contributed by atoms with Gasteiger partial charge in [0.05, 0.1) is 0 Å². The molecule has 1 aliphatic carbocycles. The number of nitrogens with one attached hydrogen (secondary N) is 2. The third-order valence-electron chi connectivity index (χ3n) is 4.54. The number of rotatable bonds is 6. The van der Waals surface area contributed by atoms with E-state index in [2.05, 4.69) is 10.6 Å². The van der Waals surface area contributed by atoms with Gasteiger partial charge in [0.25, 0.3) is 0 Å². The second-order valence-electron chi connectivity index (χ2n) is 6.66.